The molecule has 0 radical (unpaired) electrons. The third-order valence-electron chi connectivity index (χ3n) is 4.76. The number of nitrogens with one attached hydrogen (secondary N) is 1. The van der Waals surface area contributed by atoms with Gasteiger partial charge in [-0.1, -0.05) is 35.9 Å². The number of rotatable bonds is 8. The predicted octanol–water partition coefficient (Wildman–Crippen LogP) is 6.37. The van der Waals surface area contributed by atoms with Gasteiger partial charge >= 0.3 is 0 Å². The van der Waals surface area contributed by atoms with Gasteiger partial charge in [0.2, 0.25) is 0 Å². The summed E-state index contributed by atoms with van der Waals surface area (Å²) in [5, 5.41) is 3.37. The Hall–Kier alpha value is -4.03. The molecule has 0 bridgehead atoms. The number of carbonyl (C=O) groups excluding carboxylic acids is 1. The van der Waals surface area contributed by atoms with Crippen LogP contribution in [-0.4, -0.2) is 18.0 Å². The van der Waals surface area contributed by atoms with Gasteiger partial charge in [-0.25, -0.2) is 0 Å². The first-order chi connectivity index (χ1) is 16.1. The van der Waals surface area contributed by atoms with Crippen LogP contribution in [0.3, 0.4) is 0 Å². The Morgan fingerprint density at radius 1 is 0.879 bits per heavy atom. The van der Waals surface area contributed by atoms with Crippen LogP contribution in [0.4, 0.5) is 5.69 Å². The van der Waals surface area contributed by atoms with E-state index in [0.29, 0.717) is 45.9 Å². The summed E-state index contributed by atoms with van der Waals surface area (Å²) in [5.74, 6) is 1.64. The number of carbonyl (C=O) groups is 1. The Morgan fingerprint density at radius 2 is 1.61 bits per heavy atom. The lowest BCUT2D eigenvalue weighted by atomic mass is 10.1. The number of benzene rings is 3. The van der Waals surface area contributed by atoms with Crippen LogP contribution >= 0.6 is 11.6 Å². The minimum Gasteiger partial charge on any atom is -0.493 e. The fourth-order valence-electron chi connectivity index (χ4n) is 3.07. The van der Waals surface area contributed by atoms with Gasteiger partial charge in [0.15, 0.2) is 17.2 Å². The highest BCUT2D eigenvalue weighted by Crippen LogP contribution is 2.34. The quantitative estimate of drug-likeness (QED) is 0.331. The van der Waals surface area contributed by atoms with Gasteiger partial charge < -0.3 is 19.5 Å². The van der Waals surface area contributed by atoms with Crippen LogP contribution in [-0.2, 0) is 6.61 Å². The van der Waals surface area contributed by atoms with Crippen molar-refractivity contribution in [1.29, 1.82) is 0 Å². The highest BCUT2D eigenvalue weighted by atomic mass is 35.5. The van der Waals surface area contributed by atoms with Gasteiger partial charge in [-0.05, 0) is 60.2 Å². The highest BCUT2D eigenvalue weighted by Gasteiger charge is 2.15. The molecule has 1 aromatic heterocycles. The predicted molar refractivity (Wildman–Crippen MR) is 127 cm³/mol. The molecular weight excluding hydrogens is 440 g/mol. The second-order valence-electron chi connectivity index (χ2n) is 6.99. The smallest absolute Gasteiger partial charge is 0.255 e. The molecule has 0 spiro atoms. The summed E-state index contributed by atoms with van der Waals surface area (Å²) in [6, 6.07) is 23.0. The molecule has 33 heavy (non-hydrogen) atoms. The summed E-state index contributed by atoms with van der Waals surface area (Å²) >= 11 is 6.21. The molecule has 0 unspecified atom stereocenters. The van der Waals surface area contributed by atoms with Crippen molar-refractivity contribution in [3.05, 3.63) is 107 Å². The number of amides is 1. The van der Waals surface area contributed by atoms with E-state index in [1.54, 1.807) is 62.0 Å². The number of methoxy groups -OCH3 is 1. The largest absolute Gasteiger partial charge is 0.493 e. The average Bonchev–Trinajstić information content (AvgIpc) is 2.85. The molecule has 1 heterocycles. The van der Waals surface area contributed by atoms with Crippen molar-refractivity contribution in [2.24, 2.45) is 0 Å². The number of hydrogen-bond acceptors (Lipinski definition) is 5. The van der Waals surface area contributed by atoms with Gasteiger partial charge in [-0.3, -0.25) is 9.78 Å². The lowest BCUT2D eigenvalue weighted by Gasteiger charge is -2.14. The van der Waals surface area contributed by atoms with Crippen molar-refractivity contribution in [1.82, 2.24) is 4.98 Å². The Morgan fingerprint density at radius 3 is 2.36 bits per heavy atom. The van der Waals surface area contributed by atoms with E-state index in [2.05, 4.69) is 10.3 Å². The molecule has 1 N–H and O–H groups in total. The number of para-hydroxylation sites is 3. The van der Waals surface area contributed by atoms with E-state index in [4.69, 9.17) is 25.8 Å². The van der Waals surface area contributed by atoms with E-state index in [9.17, 15) is 4.79 Å². The number of anilines is 1. The first kappa shape index (κ1) is 22.2. The van der Waals surface area contributed by atoms with Crippen LogP contribution in [0, 0.1) is 0 Å². The van der Waals surface area contributed by atoms with Gasteiger partial charge in [-0.15, -0.1) is 0 Å². The van der Waals surface area contributed by atoms with Crippen LogP contribution in [0.25, 0.3) is 0 Å². The van der Waals surface area contributed by atoms with Crippen molar-refractivity contribution in [2.45, 2.75) is 6.61 Å². The second kappa shape index (κ2) is 10.5. The van der Waals surface area contributed by atoms with Crippen molar-refractivity contribution >= 4 is 23.2 Å². The molecular formula is C26H21ClN2O4. The minimum absolute atomic E-state index is 0.318. The molecule has 0 atom stereocenters. The van der Waals surface area contributed by atoms with Crippen molar-refractivity contribution < 1.29 is 19.0 Å². The van der Waals surface area contributed by atoms with Gasteiger partial charge in [0, 0.05) is 18.0 Å². The van der Waals surface area contributed by atoms with Crippen molar-refractivity contribution in [2.75, 3.05) is 12.4 Å². The Bertz CT molecular complexity index is 1250. The lowest BCUT2D eigenvalue weighted by molar-refractivity contribution is 0.102. The maximum atomic E-state index is 13.0. The molecule has 0 aliphatic carbocycles. The van der Waals surface area contributed by atoms with Crippen molar-refractivity contribution in [3.8, 4) is 23.0 Å². The van der Waals surface area contributed by atoms with Gasteiger partial charge in [0.1, 0.15) is 12.4 Å². The van der Waals surface area contributed by atoms with Gasteiger partial charge in [-0.2, -0.15) is 0 Å². The molecule has 4 aromatic rings. The van der Waals surface area contributed by atoms with Crippen LogP contribution in [0.15, 0.2) is 91.3 Å². The molecule has 0 aliphatic rings. The average molecular weight is 461 g/mol. The summed E-state index contributed by atoms with van der Waals surface area (Å²) in [6.07, 6.45) is 3.39. The summed E-state index contributed by atoms with van der Waals surface area (Å²) in [5.41, 5.74) is 1.87. The molecule has 4 rings (SSSR count). The Balaban J connectivity index is 1.52. The van der Waals surface area contributed by atoms with Crippen LogP contribution < -0.4 is 19.5 Å². The molecule has 166 valence electrons. The molecule has 1 amide bonds. The van der Waals surface area contributed by atoms with E-state index in [1.165, 1.54) is 0 Å². The van der Waals surface area contributed by atoms with E-state index >= 15 is 0 Å². The molecule has 0 aliphatic heterocycles. The molecule has 0 saturated carbocycles. The number of pyridine rings is 1. The summed E-state index contributed by atoms with van der Waals surface area (Å²) < 4.78 is 17.2. The maximum absolute atomic E-state index is 13.0. The fraction of sp³-hybridized carbons (Fsp3) is 0.0769. The molecule has 0 fully saturated rings. The number of nitrogens with zero attached hydrogens (tertiary/aromatic N) is 1. The minimum atomic E-state index is -0.318. The van der Waals surface area contributed by atoms with E-state index < -0.39 is 0 Å². The SMILES string of the molecule is COc1ccc(C(=O)Nc2ccccc2Oc2ccccc2Cl)cc1OCc1ccncc1. The van der Waals surface area contributed by atoms with Crippen LogP contribution in [0.2, 0.25) is 5.02 Å². The lowest BCUT2D eigenvalue weighted by Crippen LogP contribution is -2.13. The summed E-state index contributed by atoms with van der Waals surface area (Å²) in [7, 11) is 1.55. The first-order valence-electron chi connectivity index (χ1n) is 10.2. The Kier molecular flexibility index (Phi) is 7.07. The molecule has 3 aromatic carbocycles. The number of aromatic nitrogens is 1. The van der Waals surface area contributed by atoms with E-state index in [-0.39, 0.29) is 5.91 Å². The zero-order valence-electron chi connectivity index (χ0n) is 17.8. The normalized spacial score (nSPS) is 10.4. The second-order valence-corrected chi connectivity index (χ2v) is 7.40. The first-order valence-corrected chi connectivity index (χ1v) is 10.5. The van der Waals surface area contributed by atoms with E-state index in [1.807, 2.05) is 36.4 Å². The monoisotopic (exact) mass is 460 g/mol. The zero-order chi connectivity index (χ0) is 23.0. The number of hydrogen-bond donors (Lipinski definition) is 1. The Labute approximate surface area is 196 Å². The number of ether oxygens (including phenoxy) is 3. The van der Waals surface area contributed by atoms with Crippen LogP contribution in [0.5, 0.6) is 23.0 Å². The third kappa shape index (κ3) is 5.61. The fourth-order valence-corrected chi connectivity index (χ4v) is 3.24. The van der Waals surface area contributed by atoms with Crippen LogP contribution in [0.1, 0.15) is 15.9 Å². The molecule has 6 nitrogen and oxygen atoms in total. The maximum Gasteiger partial charge on any atom is 0.255 e. The zero-order valence-corrected chi connectivity index (χ0v) is 18.6. The topological polar surface area (TPSA) is 69.7 Å². The molecule has 7 heteroatoms. The third-order valence-corrected chi connectivity index (χ3v) is 5.07. The van der Waals surface area contributed by atoms with E-state index in [0.717, 1.165) is 5.56 Å². The van der Waals surface area contributed by atoms with Gasteiger partial charge in [0.05, 0.1) is 17.8 Å². The standard InChI is InChI=1S/C26H21ClN2O4/c1-31-24-11-10-19(16-25(24)32-17-18-12-14-28-15-13-18)26(30)29-21-7-3-5-9-23(21)33-22-8-4-2-6-20(22)27/h2-16H,17H2,1H3,(H,29,30). The van der Waals surface area contributed by atoms with Crippen molar-refractivity contribution in [3.63, 3.8) is 0 Å². The molecule has 0 saturated heterocycles. The van der Waals surface area contributed by atoms with Gasteiger partial charge in [0.25, 0.3) is 5.91 Å². The summed E-state index contributed by atoms with van der Waals surface area (Å²) in [6.45, 7) is 0.318. The number of halogens is 1. The highest BCUT2D eigenvalue weighted by molar-refractivity contribution is 6.32. The summed E-state index contributed by atoms with van der Waals surface area (Å²) in [4.78, 5) is 17.0.